The van der Waals surface area contributed by atoms with Gasteiger partial charge in [0.15, 0.2) is 0 Å². The van der Waals surface area contributed by atoms with Crippen LogP contribution in [0.5, 0.6) is 0 Å². The fraction of sp³-hybridized carbons (Fsp3) is 0.800. The van der Waals surface area contributed by atoms with Crippen LogP contribution in [0.25, 0.3) is 0 Å². The summed E-state index contributed by atoms with van der Waals surface area (Å²) >= 11 is 3.35. The Balaban J connectivity index is 2.53. The monoisotopic (exact) mass is 191 g/mol. The van der Waals surface area contributed by atoms with E-state index in [0.29, 0.717) is 6.17 Å². The van der Waals surface area contributed by atoms with Crippen LogP contribution in [0, 0.1) is 0 Å². The maximum atomic E-state index is 4.06. The largest absolute Gasteiger partial charge is 0.275 e. The van der Waals surface area contributed by atoms with Gasteiger partial charge in [0.05, 0.1) is 16.1 Å². The summed E-state index contributed by atoms with van der Waals surface area (Å²) in [5.41, 5.74) is 0. The molecule has 1 aliphatic heterocycles. The SMILES string of the molecule is CCC1N(Br)C=NN1C. The molecule has 3 nitrogen and oxygen atoms in total. The van der Waals surface area contributed by atoms with Gasteiger partial charge in [-0.15, -0.1) is 0 Å². The summed E-state index contributed by atoms with van der Waals surface area (Å²) in [5.74, 6) is 0. The third kappa shape index (κ3) is 1.18. The van der Waals surface area contributed by atoms with Crippen LogP contribution in [0.3, 0.4) is 0 Å². The summed E-state index contributed by atoms with van der Waals surface area (Å²) in [6, 6.07) is 0. The van der Waals surface area contributed by atoms with Crippen LogP contribution in [0.1, 0.15) is 13.3 Å². The van der Waals surface area contributed by atoms with E-state index in [0.717, 1.165) is 6.42 Å². The summed E-state index contributed by atoms with van der Waals surface area (Å²) in [6.45, 7) is 2.13. The van der Waals surface area contributed by atoms with Gasteiger partial charge in [0.1, 0.15) is 12.5 Å². The first kappa shape index (κ1) is 6.86. The van der Waals surface area contributed by atoms with Crippen molar-refractivity contribution in [2.75, 3.05) is 7.05 Å². The van der Waals surface area contributed by atoms with E-state index in [4.69, 9.17) is 0 Å². The van der Waals surface area contributed by atoms with Gasteiger partial charge < -0.3 is 0 Å². The second-order valence-corrected chi connectivity index (χ2v) is 2.86. The van der Waals surface area contributed by atoms with Crippen molar-refractivity contribution >= 4 is 22.5 Å². The Hall–Kier alpha value is -0.250. The second kappa shape index (κ2) is 2.56. The molecule has 0 aromatic heterocycles. The van der Waals surface area contributed by atoms with E-state index >= 15 is 0 Å². The number of nitrogens with zero attached hydrogens (tertiary/aromatic N) is 3. The first-order valence-corrected chi connectivity index (χ1v) is 3.67. The first-order valence-electron chi connectivity index (χ1n) is 2.96. The third-order valence-corrected chi connectivity index (χ3v) is 2.08. The zero-order chi connectivity index (χ0) is 6.85. The molecule has 0 saturated heterocycles. The van der Waals surface area contributed by atoms with Gasteiger partial charge in [-0.25, -0.2) is 0 Å². The molecule has 0 aliphatic carbocycles. The molecule has 0 aromatic carbocycles. The predicted molar refractivity (Wildman–Crippen MR) is 41.1 cm³/mol. The van der Waals surface area contributed by atoms with Crippen LogP contribution in [-0.2, 0) is 0 Å². The summed E-state index contributed by atoms with van der Waals surface area (Å²) in [6.07, 6.45) is 3.24. The molecule has 9 heavy (non-hydrogen) atoms. The smallest absolute Gasteiger partial charge is 0.129 e. The first-order chi connectivity index (χ1) is 4.25. The normalized spacial score (nSPS) is 25.9. The summed E-state index contributed by atoms with van der Waals surface area (Å²) in [4.78, 5) is 0. The summed E-state index contributed by atoms with van der Waals surface area (Å²) in [7, 11) is 1.96. The molecule has 1 atom stereocenters. The summed E-state index contributed by atoms with van der Waals surface area (Å²) < 4.78 is 1.92. The number of hydrogen-bond acceptors (Lipinski definition) is 3. The molecule has 0 amide bonds. The minimum Gasteiger partial charge on any atom is -0.275 e. The van der Waals surface area contributed by atoms with Gasteiger partial charge in [-0.1, -0.05) is 6.92 Å². The van der Waals surface area contributed by atoms with Gasteiger partial charge in [0.2, 0.25) is 0 Å². The minimum atomic E-state index is 0.394. The van der Waals surface area contributed by atoms with Crippen molar-refractivity contribution in [1.82, 2.24) is 8.93 Å². The fourth-order valence-corrected chi connectivity index (χ4v) is 1.52. The van der Waals surface area contributed by atoms with Gasteiger partial charge in [-0.3, -0.25) is 8.93 Å². The molecule has 4 heteroatoms. The van der Waals surface area contributed by atoms with Crippen molar-refractivity contribution in [3.63, 3.8) is 0 Å². The highest BCUT2D eigenvalue weighted by Crippen LogP contribution is 2.15. The fourth-order valence-electron chi connectivity index (χ4n) is 0.883. The van der Waals surface area contributed by atoms with E-state index in [-0.39, 0.29) is 0 Å². The van der Waals surface area contributed by atoms with Gasteiger partial charge in [-0.05, 0) is 6.42 Å². The average molecular weight is 192 g/mol. The molecule has 0 radical (unpaired) electrons. The molecule has 1 aliphatic rings. The Kier molecular flexibility index (Phi) is 1.95. The second-order valence-electron chi connectivity index (χ2n) is 2.04. The van der Waals surface area contributed by atoms with Crippen LogP contribution in [-0.4, -0.2) is 28.5 Å². The van der Waals surface area contributed by atoms with E-state index in [1.807, 2.05) is 16.0 Å². The maximum absolute atomic E-state index is 4.06. The van der Waals surface area contributed by atoms with Crippen molar-refractivity contribution in [3.05, 3.63) is 0 Å². The lowest BCUT2D eigenvalue weighted by Gasteiger charge is -2.21. The molecule has 0 N–H and O–H groups in total. The van der Waals surface area contributed by atoms with E-state index in [2.05, 4.69) is 28.2 Å². The molecule has 1 heterocycles. The molecule has 0 saturated carbocycles. The van der Waals surface area contributed by atoms with Gasteiger partial charge in [-0.2, -0.15) is 5.10 Å². The van der Waals surface area contributed by atoms with Crippen LogP contribution in [0.4, 0.5) is 0 Å². The molecule has 1 unspecified atom stereocenters. The molecule has 1 rings (SSSR count). The van der Waals surface area contributed by atoms with Crippen LogP contribution in [0.15, 0.2) is 5.10 Å². The lowest BCUT2D eigenvalue weighted by molar-refractivity contribution is 0.219. The van der Waals surface area contributed by atoms with Crippen LogP contribution < -0.4 is 0 Å². The number of hydrogen-bond donors (Lipinski definition) is 0. The van der Waals surface area contributed by atoms with E-state index in [1.165, 1.54) is 0 Å². The van der Waals surface area contributed by atoms with Gasteiger partial charge in [0, 0.05) is 7.05 Å². The molecule has 0 bridgehead atoms. The zero-order valence-corrected chi connectivity index (χ0v) is 7.17. The van der Waals surface area contributed by atoms with Gasteiger partial charge in [0.25, 0.3) is 0 Å². The molecule has 0 spiro atoms. The van der Waals surface area contributed by atoms with Crippen molar-refractivity contribution in [3.8, 4) is 0 Å². The van der Waals surface area contributed by atoms with Crippen LogP contribution in [0.2, 0.25) is 0 Å². The predicted octanol–water partition coefficient (Wildman–Crippen LogP) is 1.22. The highest BCUT2D eigenvalue weighted by molar-refractivity contribution is 9.07. The lowest BCUT2D eigenvalue weighted by atomic mass is 10.4. The number of halogens is 1. The highest BCUT2D eigenvalue weighted by Gasteiger charge is 2.20. The van der Waals surface area contributed by atoms with E-state index in [1.54, 1.807) is 6.34 Å². The Labute approximate surface area is 63.7 Å². The van der Waals surface area contributed by atoms with E-state index < -0.39 is 0 Å². The van der Waals surface area contributed by atoms with Crippen LogP contribution >= 0.6 is 16.1 Å². The highest BCUT2D eigenvalue weighted by atomic mass is 79.9. The van der Waals surface area contributed by atoms with Crippen molar-refractivity contribution in [1.29, 1.82) is 0 Å². The molecule has 52 valence electrons. The zero-order valence-electron chi connectivity index (χ0n) is 5.58. The quantitative estimate of drug-likeness (QED) is 0.581. The Morgan fingerprint density at radius 3 is 2.67 bits per heavy atom. The standard InChI is InChI=1S/C5H10BrN3/c1-3-5-8(2)7-4-9(5)6/h4-5H,3H2,1-2H3. The lowest BCUT2D eigenvalue weighted by Crippen LogP contribution is -2.30. The summed E-state index contributed by atoms with van der Waals surface area (Å²) in [5, 5.41) is 5.98. The number of hydrazone groups is 1. The van der Waals surface area contributed by atoms with Gasteiger partial charge >= 0.3 is 0 Å². The van der Waals surface area contributed by atoms with E-state index in [9.17, 15) is 0 Å². The molecular weight excluding hydrogens is 182 g/mol. The maximum Gasteiger partial charge on any atom is 0.129 e. The van der Waals surface area contributed by atoms with Crippen molar-refractivity contribution in [2.24, 2.45) is 5.10 Å². The Morgan fingerprint density at radius 2 is 2.44 bits per heavy atom. The minimum absolute atomic E-state index is 0.394. The Bertz CT molecular complexity index is 113. The Morgan fingerprint density at radius 1 is 1.78 bits per heavy atom. The van der Waals surface area contributed by atoms with Crippen molar-refractivity contribution < 1.29 is 0 Å². The van der Waals surface area contributed by atoms with Crippen molar-refractivity contribution in [2.45, 2.75) is 19.5 Å². The topological polar surface area (TPSA) is 18.8 Å². The molecule has 0 aromatic rings. The number of rotatable bonds is 1. The average Bonchev–Trinajstić information content (AvgIpc) is 2.12. The molecule has 0 fully saturated rings. The third-order valence-electron chi connectivity index (χ3n) is 1.43. The molecular formula is C5H10BrN3.